The number of hydrogen-bond donors (Lipinski definition) is 0. The van der Waals surface area contributed by atoms with Crippen molar-refractivity contribution in [2.24, 2.45) is 0 Å². The zero-order chi connectivity index (χ0) is 38.1. The topological polar surface area (TPSA) is 6.48 Å². The summed E-state index contributed by atoms with van der Waals surface area (Å²) < 4.78 is 0. The van der Waals surface area contributed by atoms with Crippen molar-refractivity contribution in [3.05, 3.63) is 214 Å². The molecular formula is C55H44N2. The van der Waals surface area contributed by atoms with E-state index in [-0.39, 0.29) is 5.41 Å². The second kappa shape index (κ2) is 13.2. The van der Waals surface area contributed by atoms with Crippen LogP contribution in [-0.2, 0) is 18.3 Å². The number of fused-ring (bicyclic) bond motifs is 7. The van der Waals surface area contributed by atoms with E-state index in [4.69, 9.17) is 0 Å². The molecular weight excluding hydrogens is 689 g/mol. The van der Waals surface area contributed by atoms with Crippen LogP contribution in [0.1, 0.15) is 65.6 Å². The molecule has 4 aliphatic rings. The maximum Gasteiger partial charge on any atom is 0.0540 e. The number of benzene rings is 7. The Morgan fingerprint density at radius 3 is 1.98 bits per heavy atom. The van der Waals surface area contributed by atoms with Gasteiger partial charge in [-0.1, -0.05) is 159 Å². The number of anilines is 5. The highest BCUT2D eigenvalue weighted by atomic mass is 15.2. The number of allylic oxidation sites excluding steroid dienone is 5. The van der Waals surface area contributed by atoms with Gasteiger partial charge >= 0.3 is 0 Å². The van der Waals surface area contributed by atoms with Gasteiger partial charge in [0.05, 0.1) is 11.4 Å². The summed E-state index contributed by atoms with van der Waals surface area (Å²) >= 11 is 0. The molecule has 0 amide bonds. The fourth-order valence-corrected chi connectivity index (χ4v) is 9.88. The number of para-hydroxylation sites is 3. The van der Waals surface area contributed by atoms with Crippen molar-refractivity contribution in [1.29, 1.82) is 0 Å². The van der Waals surface area contributed by atoms with E-state index in [2.05, 4.69) is 206 Å². The van der Waals surface area contributed by atoms with Gasteiger partial charge in [0.15, 0.2) is 0 Å². The second-order valence-electron chi connectivity index (χ2n) is 16.4. The summed E-state index contributed by atoms with van der Waals surface area (Å²) in [6.45, 7) is 4.79. The molecule has 0 spiro atoms. The van der Waals surface area contributed by atoms with Gasteiger partial charge in [0, 0.05) is 33.6 Å². The third-order valence-corrected chi connectivity index (χ3v) is 12.8. The summed E-state index contributed by atoms with van der Waals surface area (Å²) in [6, 6.07) is 54.4. The maximum atomic E-state index is 2.52. The molecule has 2 heteroatoms. The molecule has 0 aromatic heterocycles. The van der Waals surface area contributed by atoms with Gasteiger partial charge in [-0.05, 0) is 123 Å². The van der Waals surface area contributed by atoms with Crippen LogP contribution in [0.15, 0.2) is 175 Å². The lowest BCUT2D eigenvalue weighted by Gasteiger charge is -2.32. The van der Waals surface area contributed by atoms with Gasteiger partial charge in [-0.25, -0.2) is 0 Å². The van der Waals surface area contributed by atoms with Gasteiger partial charge in [-0.2, -0.15) is 0 Å². The lowest BCUT2D eigenvalue weighted by molar-refractivity contribution is 0.660. The average Bonchev–Trinajstić information content (AvgIpc) is 3.38. The van der Waals surface area contributed by atoms with Crippen molar-refractivity contribution in [2.45, 2.75) is 44.9 Å². The minimum Gasteiger partial charge on any atom is -0.313 e. The molecule has 7 aromatic carbocycles. The third-order valence-electron chi connectivity index (χ3n) is 12.8. The summed E-state index contributed by atoms with van der Waals surface area (Å²) in [6.07, 6.45) is 17.9. The Kier molecular flexibility index (Phi) is 7.83. The Morgan fingerprint density at radius 1 is 0.509 bits per heavy atom. The van der Waals surface area contributed by atoms with Gasteiger partial charge in [0.1, 0.15) is 0 Å². The number of rotatable bonds is 4. The molecule has 7 aromatic rings. The van der Waals surface area contributed by atoms with Crippen molar-refractivity contribution in [3.63, 3.8) is 0 Å². The van der Waals surface area contributed by atoms with Crippen LogP contribution in [0, 0.1) is 0 Å². The Hall–Kier alpha value is -6.64. The molecule has 2 heterocycles. The highest BCUT2D eigenvalue weighted by Crippen LogP contribution is 2.52. The van der Waals surface area contributed by atoms with Crippen LogP contribution < -0.4 is 9.80 Å². The fourth-order valence-electron chi connectivity index (χ4n) is 9.88. The molecule has 0 fully saturated rings. The molecule has 2 nitrogen and oxygen atoms in total. The largest absolute Gasteiger partial charge is 0.313 e. The highest BCUT2D eigenvalue weighted by Gasteiger charge is 2.36. The van der Waals surface area contributed by atoms with Crippen LogP contribution in [0.3, 0.4) is 0 Å². The highest BCUT2D eigenvalue weighted by molar-refractivity contribution is 6.04. The van der Waals surface area contributed by atoms with Crippen molar-refractivity contribution in [2.75, 3.05) is 9.80 Å². The molecule has 0 bridgehead atoms. The van der Waals surface area contributed by atoms with E-state index in [1.54, 1.807) is 0 Å². The molecule has 0 N–H and O–H groups in total. The van der Waals surface area contributed by atoms with Crippen LogP contribution in [0.4, 0.5) is 28.4 Å². The molecule has 0 unspecified atom stereocenters. The van der Waals surface area contributed by atoms with Crippen LogP contribution in [-0.4, -0.2) is 0 Å². The summed E-state index contributed by atoms with van der Waals surface area (Å²) in [5.41, 5.74) is 20.7. The monoisotopic (exact) mass is 732 g/mol. The normalized spacial score (nSPS) is 16.1. The smallest absolute Gasteiger partial charge is 0.0540 e. The lowest BCUT2D eigenvalue weighted by Crippen LogP contribution is -2.20. The van der Waals surface area contributed by atoms with E-state index in [0.717, 1.165) is 25.7 Å². The Bertz CT molecular complexity index is 2850. The minimum absolute atomic E-state index is 0.147. The zero-order valence-electron chi connectivity index (χ0n) is 32.5. The van der Waals surface area contributed by atoms with Crippen molar-refractivity contribution >= 4 is 57.4 Å². The van der Waals surface area contributed by atoms with E-state index >= 15 is 0 Å². The first kappa shape index (κ1) is 33.7. The van der Waals surface area contributed by atoms with Gasteiger partial charge in [0.2, 0.25) is 0 Å². The molecule has 274 valence electrons. The fraction of sp³-hybridized carbons (Fsp3) is 0.127. The predicted octanol–water partition coefficient (Wildman–Crippen LogP) is 14.7. The molecule has 0 saturated heterocycles. The molecule has 0 radical (unpaired) electrons. The van der Waals surface area contributed by atoms with Gasteiger partial charge < -0.3 is 9.80 Å². The first-order valence-corrected chi connectivity index (χ1v) is 20.5. The zero-order valence-corrected chi connectivity index (χ0v) is 32.5. The SMILES string of the molecule is CC1(C)c2cc(/C=C/c3cccc4c(N5c6ccccc6CCc6ccccc65)cccc34)ccc2-c2ccc(N3C4=C(C=CCC4)C=Cc4ccccc43)cc21. The lowest BCUT2D eigenvalue weighted by atomic mass is 9.81. The molecule has 2 aliphatic carbocycles. The van der Waals surface area contributed by atoms with E-state index in [1.165, 1.54) is 101 Å². The molecule has 2 aliphatic heterocycles. The predicted molar refractivity (Wildman–Crippen MR) is 242 cm³/mol. The van der Waals surface area contributed by atoms with E-state index in [1.807, 2.05) is 0 Å². The number of aryl methyl sites for hydroxylation is 2. The summed E-state index contributed by atoms with van der Waals surface area (Å²) in [4.78, 5) is 5.01. The van der Waals surface area contributed by atoms with Crippen molar-refractivity contribution < 1.29 is 0 Å². The Balaban J connectivity index is 0.951. The molecule has 0 saturated carbocycles. The first-order chi connectivity index (χ1) is 28.0. The summed E-state index contributed by atoms with van der Waals surface area (Å²) in [5, 5.41) is 2.51. The quantitative estimate of drug-likeness (QED) is 0.166. The van der Waals surface area contributed by atoms with Crippen LogP contribution in [0.5, 0.6) is 0 Å². The first-order valence-electron chi connectivity index (χ1n) is 20.5. The average molecular weight is 733 g/mol. The van der Waals surface area contributed by atoms with Crippen LogP contribution in [0.25, 0.3) is 40.1 Å². The van der Waals surface area contributed by atoms with E-state index < -0.39 is 0 Å². The standard InChI is InChI=1S/C55H44N2/c1-55(2)48-35-37(26-33-45(48)46-34-32-43(36-49(46)55)56-50-20-7-3-13-39(50)28-29-40-14-4-8-21-51(40)56)25-27-38-17-11-19-47-44(38)18-12-24-54(47)57-52-22-9-5-15-41(52)30-31-42-16-6-10-23-53(42)57/h3-7,9-20,22-29,32-36H,8,21,30-31H2,1-2H3/b27-25+. The van der Waals surface area contributed by atoms with Crippen molar-refractivity contribution in [1.82, 2.24) is 0 Å². The minimum atomic E-state index is -0.147. The molecule has 11 rings (SSSR count). The summed E-state index contributed by atoms with van der Waals surface area (Å²) in [7, 11) is 0. The summed E-state index contributed by atoms with van der Waals surface area (Å²) in [5.74, 6) is 0. The van der Waals surface area contributed by atoms with E-state index in [9.17, 15) is 0 Å². The second-order valence-corrected chi connectivity index (χ2v) is 16.4. The van der Waals surface area contributed by atoms with Crippen molar-refractivity contribution in [3.8, 4) is 11.1 Å². The Labute approximate surface area is 336 Å². The molecule has 0 atom stereocenters. The van der Waals surface area contributed by atoms with Gasteiger partial charge in [-0.3, -0.25) is 0 Å². The number of nitrogens with zero attached hydrogens (tertiary/aromatic N) is 2. The van der Waals surface area contributed by atoms with E-state index in [0.29, 0.717) is 0 Å². The number of hydrogen-bond acceptors (Lipinski definition) is 2. The van der Waals surface area contributed by atoms with Crippen LogP contribution >= 0.6 is 0 Å². The van der Waals surface area contributed by atoms with Gasteiger partial charge in [-0.15, -0.1) is 0 Å². The third kappa shape index (κ3) is 5.46. The maximum absolute atomic E-state index is 2.52. The molecule has 57 heavy (non-hydrogen) atoms. The van der Waals surface area contributed by atoms with Gasteiger partial charge in [0.25, 0.3) is 0 Å². The van der Waals surface area contributed by atoms with Crippen LogP contribution in [0.2, 0.25) is 0 Å². The Morgan fingerprint density at radius 2 is 1.18 bits per heavy atom.